The van der Waals surface area contributed by atoms with E-state index < -0.39 is 0 Å². The molecule has 122 valence electrons. The first kappa shape index (κ1) is 16.1. The van der Waals surface area contributed by atoms with E-state index in [9.17, 15) is 5.11 Å². The highest BCUT2D eigenvalue weighted by Gasteiger charge is 2.22. The lowest BCUT2D eigenvalue weighted by Crippen LogP contribution is -2.44. The van der Waals surface area contributed by atoms with Gasteiger partial charge in [-0.15, -0.1) is 0 Å². The minimum absolute atomic E-state index is 0.0334. The fraction of sp³-hybridized carbons (Fsp3) is 0.421. The van der Waals surface area contributed by atoms with Crippen LogP contribution in [0.1, 0.15) is 30.0 Å². The molecule has 1 aliphatic heterocycles. The smallest absolute Gasteiger partial charge is 0.0626 e. The fourth-order valence-electron chi connectivity index (χ4n) is 3.23. The number of piperidine rings is 1. The zero-order valence-corrected chi connectivity index (χ0v) is 13.4. The zero-order valence-electron chi connectivity index (χ0n) is 13.4. The van der Waals surface area contributed by atoms with Crippen LogP contribution in [0.25, 0.3) is 0 Å². The quantitative estimate of drug-likeness (QED) is 0.860. The van der Waals surface area contributed by atoms with E-state index in [2.05, 4.69) is 33.4 Å². The lowest BCUT2D eigenvalue weighted by Gasteiger charge is -2.34. The third-order valence-corrected chi connectivity index (χ3v) is 4.54. The average Bonchev–Trinajstić information content (AvgIpc) is 2.63. The molecule has 1 fully saturated rings. The Morgan fingerprint density at radius 3 is 2.57 bits per heavy atom. The van der Waals surface area contributed by atoms with Crippen LogP contribution in [0.4, 0.5) is 0 Å². The molecule has 0 saturated carbocycles. The molecular weight excluding hydrogens is 286 g/mol. The molecule has 0 spiro atoms. The summed E-state index contributed by atoms with van der Waals surface area (Å²) in [7, 11) is 0. The lowest BCUT2D eigenvalue weighted by molar-refractivity contribution is 0.167. The van der Waals surface area contributed by atoms with E-state index >= 15 is 0 Å². The lowest BCUT2D eigenvalue weighted by atomic mass is 10.0. The number of likely N-dealkylation sites (tertiary alicyclic amines) is 1. The Morgan fingerprint density at radius 2 is 1.91 bits per heavy atom. The van der Waals surface area contributed by atoms with E-state index in [1.807, 2.05) is 36.7 Å². The highest BCUT2D eigenvalue weighted by molar-refractivity contribution is 5.19. The van der Waals surface area contributed by atoms with Crippen LogP contribution in [0.15, 0.2) is 54.9 Å². The van der Waals surface area contributed by atoms with Crippen molar-refractivity contribution >= 4 is 0 Å². The van der Waals surface area contributed by atoms with E-state index in [0.717, 1.165) is 38.0 Å². The summed E-state index contributed by atoms with van der Waals surface area (Å²) < 4.78 is 0. The summed E-state index contributed by atoms with van der Waals surface area (Å²) in [6.07, 6.45) is 5.99. The molecule has 1 aromatic carbocycles. The summed E-state index contributed by atoms with van der Waals surface area (Å²) in [4.78, 5) is 6.66. The highest BCUT2D eigenvalue weighted by Crippen LogP contribution is 2.18. The van der Waals surface area contributed by atoms with Crippen molar-refractivity contribution in [3.8, 4) is 0 Å². The van der Waals surface area contributed by atoms with E-state index in [-0.39, 0.29) is 12.6 Å². The summed E-state index contributed by atoms with van der Waals surface area (Å²) in [5.41, 5.74) is 2.43. The number of benzene rings is 1. The van der Waals surface area contributed by atoms with Crippen LogP contribution in [0.5, 0.6) is 0 Å². The Morgan fingerprint density at radius 1 is 1.13 bits per heavy atom. The second-order valence-electron chi connectivity index (χ2n) is 6.22. The summed E-state index contributed by atoms with van der Waals surface area (Å²) in [5, 5.41) is 13.3. The van der Waals surface area contributed by atoms with Crippen molar-refractivity contribution in [1.82, 2.24) is 15.2 Å². The van der Waals surface area contributed by atoms with Gasteiger partial charge in [0, 0.05) is 25.0 Å². The molecule has 3 rings (SSSR count). The minimum atomic E-state index is 0.0334. The summed E-state index contributed by atoms with van der Waals surface area (Å²) in [6.45, 7) is 3.28. The number of aliphatic hydroxyl groups excluding tert-OH is 1. The Bertz CT molecular complexity index is 568. The maximum absolute atomic E-state index is 9.68. The topological polar surface area (TPSA) is 48.4 Å². The van der Waals surface area contributed by atoms with Crippen molar-refractivity contribution in [3.63, 3.8) is 0 Å². The molecule has 23 heavy (non-hydrogen) atoms. The zero-order chi connectivity index (χ0) is 15.9. The SMILES string of the molecule is OC[C@@H](NC1CCN(Cc2cccnc2)CC1)c1ccccc1. The van der Waals surface area contributed by atoms with Crippen molar-refractivity contribution in [2.45, 2.75) is 31.5 Å². The van der Waals surface area contributed by atoms with Gasteiger partial charge in [0.2, 0.25) is 0 Å². The Kier molecular flexibility index (Phi) is 5.75. The highest BCUT2D eigenvalue weighted by atomic mass is 16.3. The number of aromatic nitrogens is 1. The molecule has 2 N–H and O–H groups in total. The first-order chi connectivity index (χ1) is 11.3. The molecule has 1 saturated heterocycles. The number of hydrogen-bond donors (Lipinski definition) is 2. The van der Waals surface area contributed by atoms with Gasteiger partial charge in [0.25, 0.3) is 0 Å². The standard InChI is InChI=1S/C19H25N3O/c23-15-19(17-6-2-1-3-7-17)21-18-8-11-22(12-9-18)14-16-5-4-10-20-13-16/h1-7,10,13,18-19,21,23H,8-9,11-12,14-15H2/t19-/m1/s1. The molecule has 1 aromatic heterocycles. The van der Waals surface area contributed by atoms with Gasteiger partial charge >= 0.3 is 0 Å². The molecule has 4 heteroatoms. The van der Waals surface area contributed by atoms with Crippen molar-refractivity contribution in [3.05, 3.63) is 66.0 Å². The molecule has 0 bridgehead atoms. The number of nitrogens with one attached hydrogen (secondary N) is 1. The molecule has 4 nitrogen and oxygen atoms in total. The Hall–Kier alpha value is -1.75. The predicted octanol–water partition coefficient (Wildman–Crippen LogP) is 2.37. The third-order valence-electron chi connectivity index (χ3n) is 4.54. The Labute approximate surface area is 138 Å². The first-order valence-electron chi connectivity index (χ1n) is 8.38. The van der Waals surface area contributed by atoms with Crippen molar-refractivity contribution < 1.29 is 5.11 Å². The monoisotopic (exact) mass is 311 g/mol. The molecule has 1 atom stereocenters. The van der Waals surface area contributed by atoms with E-state index in [0.29, 0.717) is 6.04 Å². The second kappa shape index (κ2) is 8.20. The molecule has 0 aliphatic carbocycles. The Balaban J connectivity index is 1.49. The number of aliphatic hydroxyl groups is 1. The number of nitrogens with zero attached hydrogens (tertiary/aromatic N) is 2. The van der Waals surface area contributed by atoms with Crippen LogP contribution in [0.2, 0.25) is 0 Å². The largest absolute Gasteiger partial charge is 0.394 e. The van der Waals surface area contributed by atoms with E-state index in [1.54, 1.807) is 0 Å². The molecule has 0 unspecified atom stereocenters. The van der Waals surface area contributed by atoms with Crippen LogP contribution in [-0.2, 0) is 6.54 Å². The van der Waals surface area contributed by atoms with Crippen molar-refractivity contribution in [2.75, 3.05) is 19.7 Å². The molecule has 1 aliphatic rings. The molecule has 0 radical (unpaired) electrons. The van der Waals surface area contributed by atoms with E-state index in [1.165, 1.54) is 5.56 Å². The third kappa shape index (κ3) is 4.61. The second-order valence-corrected chi connectivity index (χ2v) is 6.22. The van der Waals surface area contributed by atoms with Crippen LogP contribution in [-0.4, -0.2) is 40.7 Å². The average molecular weight is 311 g/mol. The van der Waals surface area contributed by atoms with Gasteiger partial charge in [-0.25, -0.2) is 0 Å². The fourth-order valence-corrected chi connectivity index (χ4v) is 3.23. The van der Waals surface area contributed by atoms with Crippen LogP contribution in [0.3, 0.4) is 0 Å². The minimum Gasteiger partial charge on any atom is -0.394 e. The number of hydrogen-bond acceptors (Lipinski definition) is 4. The van der Waals surface area contributed by atoms with Crippen molar-refractivity contribution in [2.24, 2.45) is 0 Å². The van der Waals surface area contributed by atoms with Gasteiger partial charge in [0.1, 0.15) is 0 Å². The first-order valence-corrected chi connectivity index (χ1v) is 8.38. The van der Waals surface area contributed by atoms with Gasteiger partial charge in [0.15, 0.2) is 0 Å². The van der Waals surface area contributed by atoms with Gasteiger partial charge in [-0.05, 0) is 43.1 Å². The number of pyridine rings is 1. The van der Waals surface area contributed by atoms with Gasteiger partial charge in [-0.1, -0.05) is 36.4 Å². The molecular formula is C19H25N3O. The van der Waals surface area contributed by atoms with Gasteiger partial charge in [-0.3, -0.25) is 9.88 Å². The van der Waals surface area contributed by atoms with Crippen LogP contribution >= 0.6 is 0 Å². The van der Waals surface area contributed by atoms with Crippen molar-refractivity contribution in [1.29, 1.82) is 0 Å². The van der Waals surface area contributed by atoms with Gasteiger partial charge < -0.3 is 10.4 Å². The molecule has 2 aromatic rings. The maximum atomic E-state index is 9.68. The maximum Gasteiger partial charge on any atom is 0.0626 e. The van der Waals surface area contributed by atoms with Crippen LogP contribution < -0.4 is 5.32 Å². The molecule has 2 heterocycles. The van der Waals surface area contributed by atoms with Gasteiger partial charge in [0.05, 0.1) is 12.6 Å². The van der Waals surface area contributed by atoms with Gasteiger partial charge in [-0.2, -0.15) is 0 Å². The van der Waals surface area contributed by atoms with E-state index in [4.69, 9.17) is 0 Å². The predicted molar refractivity (Wildman–Crippen MR) is 91.9 cm³/mol. The van der Waals surface area contributed by atoms with Crippen LogP contribution in [0, 0.1) is 0 Å². The summed E-state index contributed by atoms with van der Waals surface area (Å²) in [6, 6.07) is 14.8. The molecule has 0 amide bonds. The number of rotatable bonds is 6. The summed E-state index contributed by atoms with van der Waals surface area (Å²) in [5.74, 6) is 0. The normalized spacial score (nSPS) is 18.0. The summed E-state index contributed by atoms with van der Waals surface area (Å²) >= 11 is 0.